The number of halogens is 1. The summed E-state index contributed by atoms with van der Waals surface area (Å²) in [5.41, 5.74) is 4.43. The number of anilines is 1. The van der Waals surface area contributed by atoms with Gasteiger partial charge in [-0.3, -0.25) is 14.8 Å². The van der Waals surface area contributed by atoms with Gasteiger partial charge in [-0.2, -0.15) is 0 Å². The smallest absolute Gasteiger partial charge is 0.226 e. The molecule has 0 unspecified atom stereocenters. The molecule has 0 saturated carbocycles. The van der Waals surface area contributed by atoms with Crippen molar-refractivity contribution in [1.82, 2.24) is 24.8 Å². The number of aromatic nitrogens is 3. The lowest BCUT2D eigenvalue weighted by atomic mass is 10.0. The molecule has 0 spiro atoms. The largest absolute Gasteiger partial charge is 0.352 e. The van der Waals surface area contributed by atoms with E-state index in [1.165, 1.54) is 12.1 Å². The number of pyridine rings is 2. The van der Waals surface area contributed by atoms with E-state index in [4.69, 9.17) is 12.2 Å². The molecule has 0 aliphatic carbocycles. The molecule has 0 radical (unpaired) electrons. The monoisotopic (exact) mass is 500 g/mol. The number of carbonyl (C=O) groups is 1. The van der Waals surface area contributed by atoms with Gasteiger partial charge in [0.05, 0.1) is 29.7 Å². The Morgan fingerprint density at radius 3 is 2.64 bits per heavy atom. The summed E-state index contributed by atoms with van der Waals surface area (Å²) in [4.78, 5) is 23.7. The van der Waals surface area contributed by atoms with Crippen molar-refractivity contribution in [2.24, 2.45) is 0 Å². The van der Waals surface area contributed by atoms with Crippen LogP contribution in [-0.4, -0.2) is 37.0 Å². The molecule has 1 amide bonds. The lowest BCUT2D eigenvalue weighted by Crippen LogP contribution is -2.33. The topological polar surface area (TPSA) is 75.1 Å². The van der Waals surface area contributed by atoms with Gasteiger partial charge in [0.1, 0.15) is 5.82 Å². The van der Waals surface area contributed by atoms with Crippen LogP contribution in [0.3, 0.4) is 0 Å². The SMILES string of the molecule is Cc1ccc([C@H]2[C@H](c3ccccn3)NC(=S)N2CCC(=O)Nc2ccc(F)cc2)n1-c1cccnc1. The molecular formula is C27H25FN6OS. The number of benzene rings is 1. The minimum atomic E-state index is -0.350. The van der Waals surface area contributed by atoms with Gasteiger partial charge in [-0.05, 0) is 79.8 Å². The number of nitrogens with one attached hydrogen (secondary N) is 2. The van der Waals surface area contributed by atoms with Gasteiger partial charge in [-0.1, -0.05) is 6.07 Å². The molecule has 4 heterocycles. The van der Waals surface area contributed by atoms with Crippen molar-refractivity contribution in [2.45, 2.75) is 25.4 Å². The van der Waals surface area contributed by atoms with Crippen LogP contribution in [0.25, 0.3) is 5.69 Å². The number of aryl methyl sites for hydroxylation is 1. The fourth-order valence-corrected chi connectivity index (χ4v) is 4.91. The fourth-order valence-electron chi connectivity index (χ4n) is 4.57. The van der Waals surface area contributed by atoms with E-state index in [9.17, 15) is 9.18 Å². The van der Waals surface area contributed by atoms with Gasteiger partial charge in [-0.15, -0.1) is 0 Å². The third-order valence-electron chi connectivity index (χ3n) is 6.22. The van der Waals surface area contributed by atoms with Crippen molar-refractivity contribution in [3.63, 3.8) is 0 Å². The maximum absolute atomic E-state index is 13.2. The van der Waals surface area contributed by atoms with Crippen molar-refractivity contribution in [3.8, 4) is 5.69 Å². The quantitative estimate of drug-likeness (QED) is 0.358. The highest BCUT2D eigenvalue weighted by Gasteiger charge is 2.41. The Labute approximate surface area is 214 Å². The molecule has 7 nitrogen and oxygen atoms in total. The third-order valence-corrected chi connectivity index (χ3v) is 6.57. The van der Waals surface area contributed by atoms with E-state index in [0.29, 0.717) is 17.3 Å². The molecule has 1 aliphatic heterocycles. The number of hydrogen-bond donors (Lipinski definition) is 2. The predicted molar refractivity (Wildman–Crippen MR) is 140 cm³/mol. The number of hydrogen-bond acceptors (Lipinski definition) is 4. The van der Waals surface area contributed by atoms with Crippen molar-refractivity contribution in [1.29, 1.82) is 0 Å². The average Bonchev–Trinajstić information content (AvgIpc) is 3.44. The molecule has 2 N–H and O–H groups in total. The van der Waals surface area contributed by atoms with Crippen molar-refractivity contribution >= 4 is 28.9 Å². The summed E-state index contributed by atoms with van der Waals surface area (Å²) in [5, 5.41) is 6.81. The van der Waals surface area contributed by atoms with E-state index in [1.807, 2.05) is 48.4 Å². The van der Waals surface area contributed by atoms with Gasteiger partial charge >= 0.3 is 0 Å². The Morgan fingerprint density at radius 2 is 1.92 bits per heavy atom. The summed E-state index contributed by atoms with van der Waals surface area (Å²) in [6, 6.07) is 19.2. The molecule has 5 rings (SSSR count). The van der Waals surface area contributed by atoms with Gasteiger partial charge in [-0.25, -0.2) is 4.39 Å². The fraction of sp³-hybridized carbons (Fsp3) is 0.185. The number of rotatable bonds is 7. The molecule has 4 aromatic rings. The van der Waals surface area contributed by atoms with Gasteiger partial charge in [0, 0.05) is 42.4 Å². The summed E-state index contributed by atoms with van der Waals surface area (Å²) < 4.78 is 15.4. The summed E-state index contributed by atoms with van der Waals surface area (Å²) in [6.45, 7) is 2.44. The highest BCUT2D eigenvalue weighted by Crippen LogP contribution is 2.40. The van der Waals surface area contributed by atoms with Crippen LogP contribution in [-0.2, 0) is 4.79 Å². The second-order valence-electron chi connectivity index (χ2n) is 8.57. The third kappa shape index (κ3) is 4.83. The van der Waals surface area contributed by atoms with Crippen LogP contribution in [0.4, 0.5) is 10.1 Å². The highest BCUT2D eigenvalue weighted by atomic mass is 32.1. The minimum Gasteiger partial charge on any atom is -0.352 e. The Hall–Kier alpha value is -4.11. The van der Waals surface area contributed by atoms with Crippen LogP contribution in [0.2, 0.25) is 0 Å². The Balaban J connectivity index is 1.45. The first kappa shape index (κ1) is 23.6. The molecule has 1 saturated heterocycles. The summed E-state index contributed by atoms with van der Waals surface area (Å²) in [7, 11) is 0. The first-order chi connectivity index (χ1) is 17.5. The lowest BCUT2D eigenvalue weighted by molar-refractivity contribution is -0.116. The summed E-state index contributed by atoms with van der Waals surface area (Å²) >= 11 is 5.75. The standard InChI is InChI=1S/C27H25FN6OS/c1-18-7-12-23(34(18)21-5-4-14-29-17-21)26-25(22-6-2-3-15-30-22)32-27(36)33(26)16-13-24(35)31-20-10-8-19(28)9-11-20/h2-12,14-15,17,25-26H,13,16H2,1H3,(H,31,35)(H,32,36)/t25-,26-/m0/s1. The van der Waals surface area contributed by atoms with E-state index < -0.39 is 0 Å². The van der Waals surface area contributed by atoms with Gasteiger partial charge in [0.2, 0.25) is 5.91 Å². The molecule has 3 aromatic heterocycles. The zero-order valence-electron chi connectivity index (χ0n) is 19.6. The minimum absolute atomic E-state index is 0.178. The summed E-state index contributed by atoms with van der Waals surface area (Å²) in [6.07, 6.45) is 5.54. The zero-order chi connectivity index (χ0) is 25.1. The Morgan fingerprint density at radius 1 is 1.08 bits per heavy atom. The first-order valence-electron chi connectivity index (χ1n) is 11.6. The average molecular weight is 501 g/mol. The number of amides is 1. The van der Waals surface area contributed by atoms with Gasteiger partial charge in [0.15, 0.2) is 5.11 Å². The van der Waals surface area contributed by atoms with E-state index in [0.717, 1.165) is 22.8 Å². The van der Waals surface area contributed by atoms with E-state index in [-0.39, 0.29) is 30.2 Å². The maximum atomic E-state index is 13.2. The first-order valence-corrected chi connectivity index (χ1v) is 12.0. The summed E-state index contributed by atoms with van der Waals surface area (Å²) in [5.74, 6) is -0.528. The second kappa shape index (κ2) is 10.2. The molecular weight excluding hydrogens is 475 g/mol. The van der Waals surface area contributed by atoms with Crippen LogP contribution >= 0.6 is 12.2 Å². The maximum Gasteiger partial charge on any atom is 0.226 e. The van der Waals surface area contributed by atoms with E-state index in [2.05, 4.69) is 37.3 Å². The van der Waals surface area contributed by atoms with Crippen molar-refractivity contribution < 1.29 is 9.18 Å². The molecule has 182 valence electrons. The molecule has 1 fully saturated rings. The van der Waals surface area contributed by atoms with Gasteiger partial charge < -0.3 is 20.1 Å². The lowest BCUT2D eigenvalue weighted by Gasteiger charge is -2.29. The van der Waals surface area contributed by atoms with Crippen molar-refractivity contribution in [2.75, 3.05) is 11.9 Å². The molecule has 9 heteroatoms. The normalized spacial score (nSPS) is 17.2. The van der Waals surface area contributed by atoms with Crippen LogP contribution in [0.1, 0.15) is 35.6 Å². The van der Waals surface area contributed by atoms with Crippen LogP contribution < -0.4 is 10.6 Å². The van der Waals surface area contributed by atoms with Crippen LogP contribution in [0, 0.1) is 12.7 Å². The van der Waals surface area contributed by atoms with Crippen molar-refractivity contribution in [3.05, 3.63) is 108 Å². The molecule has 1 aromatic carbocycles. The van der Waals surface area contributed by atoms with Gasteiger partial charge in [0.25, 0.3) is 0 Å². The van der Waals surface area contributed by atoms with E-state index >= 15 is 0 Å². The Bertz CT molecular complexity index is 1360. The number of nitrogens with zero attached hydrogens (tertiary/aromatic N) is 4. The van der Waals surface area contributed by atoms with E-state index in [1.54, 1.807) is 24.5 Å². The Kier molecular flexibility index (Phi) is 6.73. The molecule has 1 aliphatic rings. The molecule has 0 bridgehead atoms. The molecule has 36 heavy (non-hydrogen) atoms. The van der Waals surface area contributed by atoms with Crippen LogP contribution in [0.5, 0.6) is 0 Å². The number of thiocarbonyl (C=S) groups is 1. The highest BCUT2D eigenvalue weighted by molar-refractivity contribution is 7.80. The predicted octanol–water partition coefficient (Wildman–Crippen LogP) is 4.72. The molecule has 2 atom stereocenters. The number of carbonyl (C=O) groups excluding carboxylic acids is 1. The van der Waals surface area contributed by atoms with Crippen LogP contribution in [0.15, 0.2) is 85.3 Å². The second-order valence-corrected chi connectivity index (χ2v) is 8.96. The zero-order valence-corrected chi connectivity index (χ0v) is 20.5.